The van der Waals surface area contributed by atoms with E-state index in [4.69, 9.17) is 0 Å². The van der Waals surface area contributed by atoms with E-state index in [1.165, 1.54) is 6.92 Å². The van der Waals surface area contributed by atoms with Gasteiger partial charge in [-0.15, -0.1) is 0 Å². The zero-order valence-corrected chi connectivity index (χ0v) is 7.45. The molecule has 1 aliphatic carbocycles. The highest BCUT2D eigenvalue weighted by Gasteiger charge is 2.52. The smallest absolute Gasteiger partial charge is 0.233 e. The van der Waals surface area contributed by atoms with Gasteiger partial charge >= 0.3 is 0 Å². The van der Waals surface area contributed by atoms with Crippen LogP contribution in [-0.4, -0.2) is 29.0 Å². The number of carbonyl (C=O) groups is 3. The molecule has 1 aliphatic heterocycles. The van der Waals surface area contributed by atoms with Gasteiger partial charge in [0.25, 0.3) is 0 Å². The van der Waals surface area contributed by atoms with Gasteiger partial charge in [0.05, 0.1) is 18.4 Å². The number of likely N-dealkylation sites (tertiary alicyclic amines) is 1. The molecule has 0 spiro atoms. The zero-order chi connectivity index (χ0) is 9.59. The number of rotatable bonds is 2. The first-order valence-corrected chi connectivity index (χ1v) is 4.46. The number of hydrogen-bond donors (Lipinski definition) is 0. The van der Waals surface area contributed by atoms with Crippen LogP contribution in [0.5, 0.6) is 0 Å². The summed E-state index contributed by atoms with van der Waals surface area (Å²) in [5.41, 5.74) is 0. The van der Waals surface area contributed by atoms with Crippen molar-refractivity contribution in [2.45, 2.75) is 19.8 Å². The summed E-state index contributed by atoms with van der Waals surface area (Å²) in [7, 11) is 0. The number of amides is 2. The number of imide groups is 1. The standard InChI is InChI=1S/C9H11NO3/c1-5(11)4-10-8(12)6-2-3-7(6)9(10)13/h6-7H,2-4H2,1H3. The summed E-state index contributed by atoms with van der Waals surface area (Å²) < 4.78 is 0. The van der Waals surface area contributed by atoms with Gasteiger partial charge < -0.3 is 0 Å². The van der Waals surface area contributed by atoms with E-state index in [0.717, 1.165) is 17.7 Å². The maximum Gasteiger partial charge on any atom is 0.233 e. The van der Waals surface area contributed by atoms with Crippen molar-refractivity contribution < 1.29 is 14.4 Å². The van der Waals surface area contributed by atoms with E-state index in [2.05, 4.69) is 0 Å². The van der Waals surface area contributed by atoms with Crippen LogP contribution in [0.2, 0.25) is 0 Å². The van der Waals surface area contributed by atoms with E-state index in [9.17, 15) is 14.4 Å². The molecule has 1 heterocycles. The van der Waals surface area contributed by atoms with E-state index < -0.39 is 0 Å². The molecule has 4 nitrogen and oxygen atoms in total. The number of ketones is 1. The van der Waals surface area contributed by atoms with Crippen LogP contribution in [0.1, 0.15) is 19.8 Å². The third kappa shape index (κ3) is 1.08. The third-order valence-electron chi connectivity index (χ3n) is 2.82. The molecule has 13 heavy (non-hydrogen) atoms. The van der Waals surface area contributed by atoms with Crippen LogP contribution in [-0.2, 0) is 14.4 Å². The van der Waals surface area contributed by atoms with Crippen molar-refractivity contribution in [3.63, 3.8) is 0 Å². The average molecular weight is 181 g/mol. The average Bonchev–Trinajstić information content (AvgIpc) is 2.08. The Morgan fingerprint density at radius 3 is 2.08 bits per heavy atom. The third-order valence-corrected chi connectivity index (χ3v) is 2.82. The van der Waals surface area contributed by atoms with Crippen molar-refractivity contribution in [3.8, 4) is 0 Å². The zero-order valence-electron chi connectivity index (χ0n) is 7.45. The molecule has 2 unspecified atom stereocenters. The van der Waals surface area contributed by atoms with Gasteiger partial charge in [0.1, 0.15) is 5.78 Å². The molecule has 0 aromatic rings. The molecule has 2 aliphatic rings. The lowest BCUT2D eigenvalue weighted by Crippen LogP contribution is -2.34. The minimum Gasteiger partial charge on any atom is -0.298 e. The summed E-state index contributed by atoms with van der Waals surface area (Å²) in [6.07, 6.45) is 1.62. The molecule has 2 amide bonds. The summed E-state index contributed by atoms with van der Waals surface area (Å²) in [5.74, 6) is -0.630. The van der Waals surface area contributed by atoms with Crippen LogP contribution in [0.15, 0.2) is 0 Å². The largest absolute Gasteiger partial charge is 0.298 e. The Balaban J connectivity index is 2.15. The van der Waals surface area contributed by atoms with E-state index in [0.29, 0.717) is 0 Å². The van der Waals surface area contributed by atoms with Crippen molar-refractivity contribution in [2.24, 2.45) is 11.8 Å². The molecular weight excluding hydrogens is 170 g/mol. The van der Waals surface area contributed by atoms with Crippen molar-refractivity contribution >= 4 is 17.6 Å². The first-order chi connectivity index (χ1) is 6.11. The topological polar surface area (TPSA) is 54.5 Å². The molecule has 2 fully saturated rings. The summed E-state index contributed by atoms with van der Waals surface area (Å²) >= 11 is 0. The molecule has 4 heteroatoms. The first kappa shape index (κ1) is 8.41. The van der Waals surface area contributed by atoms with Crippen LogP contribution in [0.3, 0.4) is 0 Å². The molecule has 1 saturated heterocycles. The van der Waals surface area contributed by atoms with Crippen LogP contribution >= 0.6 is 0 Å². The van der Waals surface area contributed by atoms with Gasteiger partial charge in [-0.05, 0) is 19.8 Å². The normalized spacial score (nSPS) is 31.6. The maximum absolute atomic E-state index is 11.5. The molecule has 2 atom stereocenters. The van der Waals surface area contributed by atoms with Crippen molar-refractivity contribution in [2.75, 3.05) is 6.54 Å². The first-order valence-electron chi connectivity index (χ1n) is 4.46. The fraction of sp³-hybridized carbons (Fsp3) is 0.667. The lowest BCUT2D eigenvalue weighted by Gasteiger charge is -2.24. The van der Waals surface area contributed by atoms with Crippen molar-refractivity contribution in [1.29, 1.82) is 0 Å². The molecular formula is C9H11NO3. The van der Waals surface area contributed by atoms with E-state index in [1.807, 2.05) is 0 Å². The Morgan fingerprint density at radius 1 is 1.31 bits per heavy atom. The van der Waals surface area contributed by atoms with Gasteiger partial charge in [0.2, 0.25) is 11.8 Å². The van der Waals surface area contributed by atoms with Gasteiger partial charge in [0.15, 0.2) is 0 Å². The molecule has 70 valence electrons. The van der Waals surface area contributed by atoms with Gasteiger partial charge in [-0.1, -0.05) is 0 Å². The molecule has 2 rings (SSSR count). The number of nitrogens with zero attached hydrogens (tertiary/aromatic N) is 1. The molecule has 1 saturated carbocycles. The molecule has 0 bridgehead atoms. The second-order valence-corrected chi connectivity index (χ2v) is 3.75. The summed E-state index contributed by atoms with van der Waals surface area (Å²) in [6, 6.07) is 0. The molecule has 0 N–H and O–H groups in total. The van der Waals surface area contributed by atoms with Crippen LogP contribution < -0.4 is 0 Å². The Hall–Kier alpha value is -1.19. The van der Waals surface area contributed by atoms with Gasteiger partial charge in [-0.3, -0.25) is 19.3 Å². The maximum atomic E-state index is 11.5. The highest BCUT2D eigenvalue weighted by molar-refractivity contribution is 6.08. The SMILES string of the molecule is CC(=O)CN1C(=O)C2CCC2C1=O. The van der Waals surface area contributed by atoms with Gasteiger partial charge in [-0.25, -0.2) is 0 Å². The highest BCUT2D eigenvalue weighted by Crippen LogP contribution is 2.42. The quantitative estimate of drug-likeness (QED) is 0.562. The summed E-state index contributed by atoms with van der Waals surface area (Å²) in [6.45, 7) is 1.35. The summed E-state index contributed by atoms with van der Waals surface area (Å²) in [4.78, 5) is 34.8. The minimum absolute atomic E-state index is 0.0370. The minimum atomic E-state index is -0.142. The van der Waals surface area contributed by atoms with Crippen molar-refractivity contribution in [1.82, 2.24) is 4.90 Å². The number of fused-ring (bicyclic) bond motifs is 1. The Bertz CT molecular complexity index is 275. The van der Waals surface area contributed by atoms with E-state index >= 15 is 0 Å². The molecule has 0 aromatic heterocycles. The monoisotopic (exact) mass is 181 g/mol. The Morgan fingerprint density at radius 2 is 1.77 bits per heavy atom. The number of carbonyl (C=O) groups excluding carboxylic acids is 3. The number of hydrogen-bond acceptors (Lipinski definition) is 3. The molecule has 0 radical (unpaired) electrons. The van der Waals surface area contributed by atoms with E-state index in [1.54, 1.807) is 0 Å². The predicted molar refractivity (Wildman–Crippen MR) is 43.6 cm³/mol. The highest BCUT2D eigenvalue weighted by atomic mass is 16.2. The lowest BCUT2D eigenvalue weighted by atomic mass is 9.76. The number of Topliss-reactive ketones (excluding diaryl/α,β-unsaturated/α-hetero) is 1. The lowest BCUT2D eigenvalue weighted by molar-refractivity contribution is -0.142. The van der Waals surface area contributed by atoms with Gasteiger partial charge in [-0.2, -0.15) is 0 Å². The van der Waals surface area contributed by atoms with Gasteiger partial charge in [0, 0.05) is 0 Å². The van der Waals surface area contributed by atoms with Crippen LogP contribution in [0, 0.1) is 11.8 Å². The fourth-order valence-electron chi connectivity index (χ4n) is 1.98. The fourth-order valence-corrected chi connectivity index (χ4v) is 1.98. The molecule has 0 aromatic carbocycles. The van der Waals surface area contributed by atoms with Crippen LogP contribution in [0.25, 0.3) is 0 Å². The van der Waals surface area contributed by atoms with Crippen LogP contribution in [0.4, 0.5) is 0 Å². The second-order valence-electron chi connectivity index (χ2n) is 3.75. The Labute approximate surface area is 75.9 Å². The van der Waals surface area contributed by atoms with E-state index in [-0.39, 0.29) is 36.0 Å². The van der Waals surface area contributed by atoms with Crippen molar-refractivity contribution in [3.05, 3.63) is 0 Å². The predicted octanol–water partition coefficient (Wildman–Crippen LogP) is -0.0296. The second kappa shape index (κ2) is 2.65. The summed E-state index contributed by atoms with van der Waals surface area (Å²) in [5, 5.41) is 0. The Kier molecular flexibility index (Phi) is 1.71.